The third-order valence-corrected chi connectivity index (χ3v) is 13.2. The van der Waals surface area contributed by atoms with Crippen LogP contribution < -0.4 is 4.90 Å². The number of para-hydroxylation sites is 2. The summed E-state index contributed by atoms with van der Waals surface area (Å²) in [6, 6.07) is 88.4. The van der Waals surface area contributed by atoms with Gasteiger partial charge in [0.25, 0.3) is 0 Å². The van der Waals surface area contributed by atoms with E-state index >= 15 is 0 Å². The first-order valence-corrected chi connectivity index (χ1v) is 22.1. The molecule has 1 atom stereocenters. The van der Waals surface area contributed by atoms with Gasteiger partial charge < -0.3 is 9.32 Å². The molecule has 0 radical (unpaired) electrons. The molecule has 1 aliphatic rings. The molecule has 0 bridgehead atoms. The minimum atomic E-state index is -0.599. The summed E-state index contributed by atoms with van der Waals surface area (Å²) in [6.45, 7) is 2.21. The van der Waals surface area contributed by atoms with Gasteiger partial charge in [-0.3, -0.25) is 0 Å². The minimum Gasteiger partial charge on any atom is -0.455 e. The molecule has 1 unspecified atom stereocenters. The van der Waals surface area contributed by atoms with Crippen LogP contribution in [0.4, 0.5) is 17.1 Å². The Labute approximate surface area is 374 Å². The van der Waals surface area contributed by atoms with Gasteiger partial charge in [0, 0.05) is 33.3 Å². The molecular formula is C62H43NO. The number of furan rings is 1. The van der Waals surface area contributed by atoms with Crippen molar-refractivity contribution in [3.05, 3.63) is 270 Å². The van der Waals surface area contributed by atoms with Gasteiger partial charge in [-0.1, -0.05) is 212 Å². The molecule has 0 aliphatic heterocycles. The number of hydrogen-bond donors (Lipinski definition) is 0. The SMILES string of the molecule is Cc1ccc2c(c1)C(c1ccccc1)(c1ccc(-c3cccc4c3oc3ccccc34)cc1)c1cccc(N(c3ccc(-c4ccccc4)cc3)c3ccc(-c4ccccc4)cc3)c1-2. The van der Waals surface area contributed by atoms with Crippen LogP contribution >= 0.6 is 0 Å². The third kappa shape index (κ3) is 6.02. The van der Waals surface area contributed by atoms with Crippen LogP contribution in [-0.2, 0) is 5.41 Å². The van der Waals surface area contributed by atoms with E-state index in [1.165, 1.54) is 61.2 Å². The summed E-state index contributed by atoms with van der Waals surface area (Å²) in [6.07, 6.45) is 0. The Kier molecular flexibility index (Phi) is 8.98. The van der Waals surface area contributed by atoms with Crippen molar-refractivity contribution in [3.63, 3.8) is 0 Å². The van der Waals surface area contributed by atoms with Crippen LogP contribution in [-0.4, -0.2) is 0 Å². The molecule has 1 heterocycles. The molecule has 10 aromatic carbocycles. The molecule has 1 aromatic heterocycles. The van der Waals surface area contributed by atoms with Gasteiger partial charge in [-0.25, -0.2) is 0 Å². The highest BCUT2D eigenvalue weighted by molar-refractivity contribution is 6.09. The second kappa shape index (κ2) is 15.3. The maximum atomic E-state index is 6.53. The molecule has 0 saturated carbocycles. The fourth-order valence-electron chi connectivity index (χ4n) is 10.3. The smallest absolute Gasteiger partial charge is 0.143 e. The fourth-order valence-corrected chi connectivity index (χ4v) is 10.3. The normalized spacial score (nSPS) is 14.1. The molecule has 1 aliphatic carbocycles. The molecule has 2 nitrogen and oxygen atoms in total. The Hall–Kier alpha value is -8.20. The lowest BCUT2D eigenvalue weighted by molar-refractivity contribution is 0.670. The lowest BCUT2D eigenvalue weighted by atomic mass is 9.67. The summed E-state index contributed by atoms with van der Waals surface area (Å²) in [5.41, 5.74) is 20.2. The van der Waals surface area contributed by atoms with E-state index in [4.69, 9.17) is 4.42 Å². The van der Waals surface area contributed by atoms with Crippen LogP contribution in [0.5, 0.6) is 0 Å². The number of hydrogen-bond acceptors (Lipinski definition) is 2. The predicted molar refractivity (Wildman–Crippen MR) is 267 cm³/mol. The van der Waals surface area contributed by atoms with Crippen molar-refractivity contribution in [1.29, 1.82) is 0 Å². The lowest BCUT2D eigenvalue weighted by Crippen LogP contribution is -2.28. The van der Waals surface area contributed by atoms with Gasteiger partial charge in [0.15, 0.2) is 0 Å². The fraction of sp³-hybridized carbons (Fsp3) is 0.0323. The number of anilines is 3. The first-order valence-electron chi connectivity index (χ1n) is 22.1. The summed E-state index contributed by atoms with van der Waals surface area (Å²) in [7, 11) is 0. The summed E-state index contributed by atoms with van der Waals surface area (Å²) < 4.78 is 6.53. The Morgan fingerprint density at radius 3 is 1.56 bits per heavy atom. The highest BCUT2D eigenvalue weighted by Gasteiger charge is 2.47. The van der Waals surface area contributed by atoms with Gasteiger partial charge in [0.1, 0.15) is 11.2 Å². The molecule has 0 amide bonds. The summed E-state index contributed by atoms with van der Waals surface area (Å²) >= 11 is 0. The zero-order valence-corrected chi connectivity index (χ0v) is 35.4. The molecule has 12 rings (SSSR count). The van der Waals surface area contributed by atoms with E-state index in [1.54, 1.807) is 0 Å². The zero-order chi connectivity index (χ0) is 42.6. The van der Waals surface area contributed by atoms with Crippen LogP contribution in [0.25, 0.3) is 66.4 Å². The molecule has 302 valence electrons. The van der Waals surface area contributed by atoms with Crippen molar-refractivity contribution >= 4 is 39.0 Å². The average molecular weight is 818 g/mol. The van der Waals surface area contributed by atoms with Crippen LogP contribution in [0.15, 0.2) is 247 Å². The van der Waals surface area contributed by atoms with Crippen molar-refractivity contribution in [1.82, 2.24) is 0 Å². The van der Waals surface area contributed by atoms with E-state index in [2.05, 4.69) is 248 Å². The molecule has 11 aromatic rings. The van der Waals surface area contributed by atoms with E-state index in [0.717, 1.165) is 50.1 Å². The van der Waals surface area contributed by atoms with E-state index < -0.39 is 5.41 Å². The van der Waals surface area contributed by atoms with Crippen LogP contribution in [0.3, 0.4) is 0 Å². The molecule has 2 heteroatoms. The number of rotatable bonds is 8. The van der Waals surface area contributed by atoms with Crippen molar-refractivity contribution < 1.29 is 4.42 Å². The third-order valence-electron chi connectivity index (χ3n) is 13.2. The first-order chi connectivity index (χ1) is 31.6. The van der Waals surface area contributed by atoms with Gasteiger partial charge in [-0.05, 0) is 99.0 Å². The van der Waals surface area contributed by atoms with E-state index in [-0.39, 0.29) is 0 Å². The topological polar surface area (TPSA) is 16.4 Å². The molecule has 0 N–H and O–H groups in total. The number of aryl methyl sites for hydroxylation is 1. The van der Waals surface area contributed by atoms with E-state index in [9.17, 15) is 0 Å². The molecular weight excluding hydrogens is 775 g/mol. The zero-order valence-electron chi connectivity index (χ0n) is 35.4. The number of benzene rings is 10. The van der Waals surface area contributed by atoms with Crippen molar-refractivity contribution in [2.24, 2.45) is 0 Å². The number of nitrogens with zero attached hydrogens (tertiary/aromatic N) is 1. The minimum absolute atomic E-state index is 0.599. The highest BCUT2D eigenvalue weighted by Crippen LogP contribution is 2.60. The predicted octanol–water partition coefficient (Wildman–Crippen LogP) is 16.7. The summed E-state index contributed by atoms with van der Waals surface area (Å²) in [5.74, 6) is 0. The van der Waals surface area contributed by atoms with Crippen LogP contribution in [0, 0.1) is 6.92 Å². The van der Waals surface area contributed by atoms with Crippen molar-refractivity contribution in [2.75, 3.05) is 4.90 Å². The Morgan fingerprint density at radius 1 is 0.375 bits per heavy atom. The second-order valence-corrected chi connectivity index (χ2v) is 16.9. The van der Waals surface area contributed by atoms with Gasteiger partial charge in [-0.2, -0.15) is 0 Å². The van der Waals surface area contributed by atoms with Crippen LogP contribution in [0.2, 0.25) is 0 Å². The highest BCUT2D eigenvalue weighted by atomic mass is 16.3. The Balaban J connectivity index is 1.07. The summed E-state index contributed by atoms with van der Waals surface area (Å²) in [5, 5.41) is 2.27. The molecule has 64 heavy (non-hydrogen) atoms. The number of fused-ring (bicyclic) bond motifs is 6. The van der Waals surface area contributed by atoms with Gasteiger partial charge in [-0.15, -0.1) is 0 Å². The van der Waals surface area contributed by atoms with E-state index in [1.807, 2.05) is 6.07 Å². The monoisotopic (exact) mass is 817 g/mol. The molecule has 0 spiro atoms. The lowest BCUT2D eigenvalue weighted by Gasteiger charge is -2.35. The largest absolute Gasteiger partial charge is 0.455 e. The standard InChI is InChI=1S/C62H43NO/c1-42-27-40-55-57(41-42)62(48-19-9-4-10-20-48,49-34-28-47(29-35-49)52-22-13-23-54-53-21-11-12-26-59(53)64-61(52)54)56-24-14-25-58(60(55)56)63(50-36-30-45(31-37-50)43-15-5-2-6-16-43)51-38-32-46(33-39-51)44-17-7-3-8-18-44/h2-41H,1H3. The Bertz CT molecular complexity index is 3380. The van der Waals surface area contributed by atoms with Gasteiger partial charge >= 0.3 is 0 Å². The second-order valence-electron chi connectivity index (χ2n) is 16.9. The van der Waals surface area contributed by atoms with Crippen molar-refractivity contribution in [3.8, 4) is 44.5 Å². The van der Waals surface area contributed by atoms with Crippen molar-refractivity contribution in [2.45, 2.75) is 12.3 Å². The molecule has 0 fully saturated rings. The molecule has 0 saturated heterocycles. The summed E-state index contributed by atoms with van der Waals surface area (Å²) in [4.78, 5) is 2.45. The van der Waals surface area contributed by atoms with E-state index in [0.29, 0.717) is 0 Å². The average Bonchev–Trinajstić information content (AvgIpc) is 3.89. The van der Waals surface area contributed by atoms with Gasteiger partial charge in [0.2, 0.25) is 0 Å². The quantitative estimate of drug-likeness (QED) is 0.152. The maximum Gasteiger partial charge on any atom is 0.143 e. The Morgan fingerprint density at radius 2 is 0.906 bits per heavy atom. The maximum absolute atomic E-state index is 6.53. The first kappa shape index (κ1) is 37.6. The van der Waals surface area contributed by atoms with Crippen LogP contribution in [0.1, 0.15) is 27.8 Å². The van der Waals surface area contributed by atoms with Gasteiger partial charge in [0.05, 0.1) is 11.1 Å².